The van der Waals surface area contributed by atoms with Gasteiger partial charge in [0.05, 0.1) is 37.1 Å². The third-order valence-corrected chi connectivity index (χ3v) is 29.6. The van der Waals surface area contributed by atoms with Crippen LogP contribution < -0.4 is 42.4 Å². The average Bonchev–Trinajstić information content (AvgIpc) is 1.63. The first-order chi connectivity index (χ1) is 44.8. The Morgan fingerprint density at radius 3 is 0.579 bits per heavy atom. The van der Waals surface area contributed by atoms with E-state index in [-0.39, 0.29) is 89.5 Å². The number of hydrogen-bond donors (Lipinski definition) is 0. The number of hydrogen-bond acceptors (Lipinski definition) is 0. The Labute approximate surface area is 629 Å². The summed E-state index contributed by atoms with van der Waals surface area (Å²) in [4.78, 5) is 0. The van der Waals surface area contributed by atoms with Crippen molar-refractivity contribution < 1.29 is 89.5 Å². The Balaban J connectivity index is 0.000000180. The van der Waals surface area contributed by atoms with Crippen LogP contribution in [-0.2, 0) is 104 Å². The molecule has 2 nitrogen and oxygen atoms in total. The molecule has 0 amide bonds. The van der Waals surface area contributed by atoms with Gasteiger partial charge in [-0.2, -0.15) is 0 Å². The molecule has 95 heavy (non-hydrogen) atoms. The second kappa shape index (κ2) is 38.2. The van der Waals surface area contributed by atoms with Crippen LogP contribution in [0.2, 0.25) is 0 Å². The van der Waals surface area contributed by atoms with E-state index in [4.69, 9.17) is 25.7 Å². The second-order valence-corrected chi connectivity index (χ2v) is 32.9. The van der Waals surface area contributed by atoms with E-state index in [1.807, 2.05) is 86.9 Å². The van der Waals surface area contributed by atoms with Gasteiger partial charge in [-0.1, -0.05) is 170 Å². The fourth-order valence-corrected chi connectivity index (χ4v) is 25.8. The zero-order valence-electron chi connectivity index (χ0n) is 52.2. The smallest absolute Gasteiger partial charge is 0.366 e. The summed E-state index contributed by atoms with van der Waals surface area (Å²) in [6.07, 6.45) is 31.3. The minimum atomic E-state index is -0.847. The molecule has 12 aromatic carbocycles. The summed E-state index contributed by atoms with van der Waals surface area (Å²) in [6, 6.07) is 112. The Morgan fingerprint density at radius 1 is 0.242 bits per heavy atom. The maximum Gasteiger partial charge on any atom is 1.00 e. The Hall–Kier alpha value is -6.84. The molecule has 14 rings (SSSR count). The van der Waals surface area contributed by atoms with Gasteiger partial charge in [0.15, 0.2) is 5.90 Å². The molecule has 0 fully saturated rings. The van der Waals surface area contributed by atoms with Crippen LogP contribution in [0.1, 0.15) is 22.3 Å². The van der Waals surface area contributed by atoms with Gasteiger partial charge in [-0.15, -0.1) is 70.8 Å². The third kappa shape index (κ3) is 19.0. The molecule has 14 aromatic rings. The van der Waals surface area contributed by atoms with Crippen molar-refractivity contribution in [3.63, 3.8) is 0 Å². The van der Waals surface area contributed by atoms with Crippen LogP contribution in [-0.4, -0.2) is 27.4 Å². The summed E-state index contributed by atoms with van der Waals surface area (Å²) in [5.41, 5.74) is 7.38. The number of aromatic nitrogens is 2. The largest absolute Gasteiger partial charge is 1.00 e. The fourth-order valence-electron chi connectivity index (χ4n) is 11.9. The van der Waals surface area contributed by atoms with Crippen LogP contribution in [0, 0.1) is 49.4 Å². The van der Waals surface area contributed by atoms with E-state index in [9.17, 15) is 0 Å². The number of aryl methyl sites for hydroxylation is 2. The first-order valence-electron chi connectivity index (χ1n) is 30.4. The van der Waals surface area contributed by atoms with Gasteiger partial charge < -0.3 is 34.8 Å². The first-order valence-corrected chi connectivity index (χ1v) is 37.3. The van der Waals surface area contributed by atoms with Crippen LogP contribution in [0.5, 0.6) is 0 Å². The summed E-state index contributed by atoms with van der Waals surface area (Å²) < 4.78 is 4.15. The number of fused-ring (bicyclic) bond motifs is 6. The second-order valence-electron chi connectivity index (χ2n) is 22.1. The van der Waals surface area contributed by atoms with E-state index >= 15 is 0 Å². The van der Waals surface area contributed by atoms with Gasteiger partial charge in [0.2, 0.25) is 0 Å². The first kappa shape index (κ1) is 75.5. The van der Waals surface area contributed by atoms with Crippen molar-refractivity contribution >= 4 is 118 Å². The van der Waals surface area contributed by atoms with E-state index in [1.54, 1.807) is 0 Å². The van der Waals surface area contributed by atoms with Crippen molar-refractivity contribution in [2.45, 2.75) is 0 Å². The van der Waals surface area contributed by atoms with Crippen molar-refractivity contribution in [3.05, 3.63) is 363 Å². The minimum absolute atomic E-state index is 0. The minimum Gasteiger partial charge on any atom is -0.366 e. The van der Waals surface area contributed by atoms with Crippen molar-refractivity contribution in [2.75, 3.05) is 18.2 Å². The molecule has 0 radical (unpaired) electrons. The monoisotopic (exact) mass is 2030 g/mol. The van der Waals surface area contributed by atoms with Gasteiger partial charge in [0.1, 0.15) is 49.4 Å². The van der Waals surface area contributed by atoms with Crippen molar-refractivity contribution in [3.8, 4) is 23.7 Å². The number of rotatable bonds is 13. The van der Waals surface area contributed by atoms with E-state index in [0.717, 1.165) is 65.9 Å². The molecule has 2 aromatic heterocycles. The zero-order valence-corrected chi connectivity index (χ0v) is 64.9. The molecule has 0 aliphatic heterocycles. The molecule has 10 heteroatoms. The van der Waals surface area contributed by atoms with Crippen molar-refractivity contribution in [2.24, 2.45) is 14.1 Å². The molecular weight excluding hydrogens is 1960 g/mol. The normalized spacial score (nSPS) is 10.3. The fraction of sp³-hybridized carbons (Fsp3) is 0.0588. The Morgan fingerprint density at radius 2 is 0.411 bits per heavy atom. The van der Waals surface area contributed by atoms with E-state index in [0.29, 0.717) is 0 Å². The van der Waals surface area contributed by atoms with Crippen LogP contribution in [0.15, 0.2) is 315 Å². The zero-order chi connectivity index (χ0) is 62.7. The average molecular weight is 2030 g/mol. The van der Waals surface area contributed by atoms with Crippen LogP contribution in [0.4, 0.5) is 0 Å². The van der Waals surface area contributed by atoms with Gasteiger partial charge in [-0.3, -0.25) is 23.7 Å². The number of nitrogens with zero attached hydrogens (tertiary/aromatic N) is 2. The van der Waals surface area contributed by atoms with E-state index < -0.39 is 31.7 Å². The summed E-state index contributed by atoms with van der Waals surface area (Å²) >= 11 is 0. The maximum atomic E-state index is 7.19. The predicted molar refractivity (Wildman–Crippen MR) is 402 cm³/mol. The molecule has 0 saturated heterocycles. The molecule has 0 spiro atoms. The SMILES string of the molecule is [Au+].[Au+].[Au+].[Au+].[C-]#Cc1ccc2c3ccc(C#[C-])cc3n(C)c2c1.[C-]#Cc1ccc2c3ccc(C#[C-])cc3n(C)c2c1.c1ccc([PH+](CC[PH+](c2ccccc2)c2ccccc2)c2ccccc2)cc1.c1ccc([PH+](C[PH+](c2ccccc2)c2ccccc2)c2ccccc2)cc1. The summed E-state index contributed by atoms with van der Waals surface area (Å²) in [5, 5.41) is 16.7. The van der Waals surface area contributed by atoms with Crippen molar-refractivity contribution in [1.82, 2.24) is 9.13 Å². The molecule has 0 unspecified atom stereocenters. The van der Waals surface area contributed by atoms with Gasteiger partial charge in [-0.05, 0) is 97.1 Å². The van der Waals surface area contributed by atoms with Gasteiger partial charge >= 0.3 is 89.5 Å². The molecule has 0 saturated carbocycles. The van der Waals surface area contributed by atoms with Crippen molar-refractivity contribution in [1.29, 1.82) is 0 Å². The van der Waals surface area contributed by atoms with E-state index in [1.165, 1.54) is 60.7 Å². The van der Waals surface area contributed by atoms with Gasteiger partial charge in [0, 0.05) is 57.7 Å². The predicted octanol–water partition coefficient (Wildman–Crippen LogP) is 15.8. The topological polar surface area (TPSA) is 9.86 Å². The Bertz CT molecular complexity index is 4260. The molecule has 0 aliphatic rings. The number of benzene rings is 12. The molecule has 0 atom stereocenters. The summed E-state index contributed by atoms with van der Waals surface area (Å²) in [7, 11) is 0.723. The summed E-state index contributed by atoms with van der Waals surface area (Å²) in [6.45, 7) is 0. The van der Waals surface area contributed by atoms with Crippen LogP contribution in [0.3, 0.4) is 0 Å². The molecule has 0 bridgehead atoms. The molecular formula is C85H68Au4N2P4+4. The van der Waals surface area contributed by atoms with Crippen LogP contribution >= 0.6 is 31.7 Å². The Kier molecular flexibility index (Phi) is 30.4. The molecule has 0 N–H and O–H groups in total. The molecule has 478 valence electrons. The van der Waals surface area contributed by atoms with Crippen LogP contribution in [0.25, 0.3) is 43.6 Å². The van der Waals surface area contributed by atoms with E-state index in [2.05, 4.69) is 275 Å². The quantitative estimate of drug-likeness (QED) is 0.0471. The third-order valence-electron chi connectivity index (χ3n) is 16.6. The van der Waals surface area contributed by atoms with Gasteiger partial charge in [0.25, 0.3) is 0 Å². The summed E-state index contributed by atoms with van der Waals surface area (Å²) in [5.74, 6) is 10.9. The molecule has 0 aliphatic carbocycles. The van der Waals surface area contributed by atoms with Gasteiger partial charge in [-0.25, -0.2) is 0 Å². The maximum absolute atomic E-state index is 7.19. The standard InChI is InChI=1S/C26H24P2.C25H22P2.2C17H9N.4Au/c1-5-13-23(14-6-1)27(24-15-7-2-8-16-24)21-22-28(25-17-9-3-10-18-25)26-19-11-4-12-20-26;1-5-13-22(14-6-1)26(23-15-7-2-8-16-23)21-27(24-17-9-3-10-18-24)25-19-11-4-12-20-25;2*1-4-12-6-8-14-15-9-7-13(5-2)11-17(15)18(3)16(14)10-12;;;;/h1-20H,21-22H2;1-20H,21H2;2*6-11H,3H3;;;;/q;;2*-2;4*+1/p+4. The molecule has 2 heterocycles.